The summed E-state index contributed by atoms with van der Waals surface area (Å²) in [5.74, 6) is 2.34. The number of hydrogen-bond acceptors (Lipinski definition) is 5. The maximum absolute atomic E-state index is 12.7. The maximum Gasteiger partial charge on any atom is 0.255 e. The van der Waals surface area contributed by atoms with Crippen molar-refractivity contribution in [3.05, 3.63) is 65.2 Å². The van der Waals surface area contributed by atoms with E-state index in [1.165, 1.54) is 17.1 Å². The van der Waals surface area contributed by atoms with Crippen LogP contribution in [0.1, 0.15) is 26.1 Å². The number of ether oxygens (including phenoxy) is 1. The number of nitrogens with zero attached hydrogens (tertiary/aromatic N) is 1. The zero-order chi connectivity index (χ0) is 18.5. The van der Waals surface area contributed by atoms with Crippen molar-refractivity contribution in [2.75, 3.05) is 43.1 Å². The highest BCUT2D eigenvalue weighted by atomic mass is 32.2. The first kappa shape index (κ1) is 18.9. The van der Waals surface area contributed by atoms with Gasteiger partial charge < -0.3 is 10.1 Å². The van der Waals surface area contributed by atoms with Gasteiger partial charge in [0.2, 0.25) is 0 Å². The van der Waals surface area contributed by atoms with Gasteiger partial charge in [-0.3, -0.25) is 9.69 Å². The molecule has 1 N–H and O–H groups in total. The lowest BCUT2D eigenvalue weighted by molar-refractivity contribution is 0.0342. The van der Waals surface area contributed by atoms with E-state index < -0.39 is 0 Å². The van der Waals surface area contributed by atoms with E-state index in [-0.39, 0.29) is 5.91 Å². The Labute approximate surface area is 169 Å². The first-order valence-corrected chi connectivity index (χ1v) is 11.4. The smallest absolute Gasteiger partial charge is 0.255 e. The van der Waals surface area contributed by atoms with Crippen LogP contribution in [0.25, 0.3) is 0 Å². The summed E-state index contributed by atoms with van der Waals surface area (Å²) in [5, 5.41) is 3.06. The Balaban J connectivity index is 1.42. The molecule has 27 heavy (non-hydrogen) atoms. The fraction of sp³-hybridized carbons (Fsp3) is 0.381. The van der Waals surface area contributed by atoms with Crippen molar-refractivity contribution in [1.82, 2.24) is 4.90 Å². The predicted molar refractivity (Wildman–Crippen MR) is 115 cm³/mol. The van der Waals surface area contributed by atoms with Crippen molar-refractivity contribution in [1.29, 1.82) is 0 Å². The second-order valence-electron chi connectivity index (χ2n) is 6.74. The van der Waals surface area contributed by atoms with Crippen LogP contribution in [0.5, 0.6) is 0 Å². The SMILES string of the molecule is O=C(Nc1cccc(C2SCCS2)c1)c1cccc(CN2CCOCC2)c1. The highest BCUT2D eigenvalue weighted by Gasteiger charge is 2.19. The Morgan fingerprint density at radius 1 is 1.07 bits per heavy atom. The molecular weight excluding hydrogens is 376 g/mol. The Bertz CT molecular complexity index is 787. The van der Waals surface area contributed by atoms with Crippen molar-refractivity contribution < 1.29 is 9.53 Å². The van der Waals surface area contributed by atoms with Gasteiger partial charge in [0, 0.05) is 42.4 Å². The minimum Gasteiger partial charge on any atom is -0.379 e. The molecule has 142 valence electrons. The van der Waals surface area contributed by atoms with Gasteiger partial charge in [0.25, 0.3) is 5.91 Å². The summed E-state index contributed by atoms with van der Waals surface area (Å²) in [6, 6.07) is 16.2. The average molecular weight is 401 g/mol. The van der Waals surface area contributed by atoms with Gasteiger partial charge >= 0.3 is 0 Å². The van der Waals surface area contributed by atoms with Crippen LogP contribution in [0, 0.1) is 0 Å². The molecule has 4 rings (SSSR count). The quantitative estimate of drug-likeness (QED) is 0.813. The normalized spacial score (nSPS) is 18.5. The Morgan fingerprint density at radius 3 is 2.67 bits per heavy atom. The second kappa shape index (κ2) is 9.15. The summed E-state index contributed by atoms with van der Waals surface area (Å²) in [7, 11) is 0. The monoisotopic (exact) mass is 400 g/mol. The highest BCUT2D eigenvalue weighted by molar-refractivity contribution is 8.19. The van der Waals surface area contributed by atoms with Gasteiger partial charge in [-0.05, 0) is 35.4 Å². The molecule has 0 aromatic heterocycles. The topological polar surface area (TPSA) is 41.6 Å². The molecule has 2 heterocycles. The third kappa shape index (κ3) is 5.08. The fourth-order valence-corrected chi connectivity index (χ4v) is 6.18. The van der Waals surface area contributed by atoms with Gasteiger partial charge in [-0.25, -0.2) is 0 Å². The van der Waals surface area contributed by atoms with Crippen LogP contribution in [-0.4, -0.2) is 48.6 Å². The number of hydrogen-bond donors (Lipinski definition) is 1. The number of benzene rings is 2. The number of amides is 1. The van der Waals surface area contributed by atoms with E-state index in [1.54, 1.807) is 0 Å². The minimum absolute atomic E-state index is 0.0531. The largest absolute Gasteiger partial charge is 0.379 e. The summed E-state index contributed by atoms with van der Waals surface area (Å²) < 4.78 is 5.89. The van der Waals surface area contributed by atoms with Crippen LogP contribution in [0.4, 0.5) is 5.69 Å². The van der Waals surface area contributed by atoms with Gasteiger partial charge in [0.15, 0.2) is 0 Å². The Hall–Kier alpha value is -1.47. The lowest BCUT2D eigenvalue weighted by Crippen LogP contribution is -2.35. The second-order valence-corrected chi connectivity index (χ2v) is 9.47. The standard InChI is InChI=1S/C21H24N2O2S2/c24-20(22-19-6-2-5-18(14-19)21-26-11-12-27-21)17-4-1-3-16(13-17)15-23-7-9-25-10-8-23/h1-6,13-14,21H,7-12,15H2,(H,22,24). The van der Waals surface area contributed by atoms with Crippen LogP contribution < -0.4 is 5.32 Å². The number of morpholine rings is 1. The van der Waals surface area contributed by atoms with Gasteiger partial charge in [-0.2, -0.15) is 0 Å². The van der Waals surface area contributed by atoms with Gasteiger partial charge in [-0.1, -0.05) is 24.3 Å². The molecule has 6 heteroatoms. The molecule has 1 amide bonds. The van der Waals surface area contributed by atoms with E-state index in [2.05, 4.69) is 28.4 Å². The molecule has 0 radical (unpaired) electrons. The maximum atomic E-state index is 12.7. The molecule has 2 aliphatic heterocycles. The molecule has 0 aliphatic carbocycles. The molecule has 2 aliphatic rings. The molecule has 2 saturated heterocycles. The number of carbonyl (C=O) groups excluding carboxylic acids is 1. The number of rotatable bonds is 5. The van der Waals surface area contributed by atoms with Crippen molar-refractivity contribution in [3.8, 4) is 0 Å². The van der Waals surface area contributed by atoms with Crippen molar-refractivity contribution in [2.45, 2.75) is 11.1 Å². The third-order valence-electron chi connectivity index (χ3n) is 4.74. The lowest BCUT2D eigenvalue weighted by atomic mass is 10.1. The van der Waals surface area contributed by atoms with Crippen molar-refractivity contribution in [3.63, 3.8) is 0 Å². The highest BCUT2D eigenvalue weighted by Crippen LogP contribution is 2.45. The summed E-state index contributed by atoms with van der Waals surface area (Å²) in [4.78, 5) is 15.1. The van der Waals surface area contributed by atoms with E-state index in [4.69, 9.17) is 4.74 Å². The van der Waals surface area contributed by atoms with Crippen molar-refractivity contribution >= 4 is 35.1 Å². The van der Waals surface area contributed by atoms with E-state index >= 15 is 0 Å². The van der Waals surface area contributed by atoms with E-state index in [9.17, 15) is 4.79 Å². The van der Waals surface area contributed by atoms with Crippen LogP contribution >= 0.6 is 23.5 Å². The molecule has 2 aromatic carbocycles. The van der Waals surface area contributed by atoms with Gasteiger partial charge in [0.05, 0.1) is 17.8 Å². The number of anilines is 1. The minimum atomic E-state index is -0.0531. The zero-order valence-electron chi connectivity index (χ0n) is 15.2. The summed E-state index contributed by atoms with van der Waals surface area (Å²) in [6.07, 6.45) is 0. The van der Waals surface area contributed by atoms with E-state index in [0.29, 0.717) is 10.1 Å². The molecule has 4 nitrogen and oxygen atoms in total. The predicted octanol–water partition coefficient (Wildman–Crippen LogP) is 4.25. The molecule has 0 unspecified atom stereocenters. The van der Waals surface area contributed by atoms with Crippen molar-refractivity contribution in [2.24, 2.45) is 0 Å². The summed E-state index contributed by atoms with van der Waals surface area (Å²) >= 11 is 3.95. The molecule has 0 bridgehead atoms. The number of carbonyl (C=O) groups is 1. The first-order chi connectivity index (χ1) is 13.3. The fourth-order valence-electron chi connectivity index (χ4n) is 3.35. The first-order valence-electron chi connectivity index (χ1n) is 9.31. The number of nitrogens with one attached hydrogen (secondary N) is 1. The molecule has 0 saturated carbocycles. The molecule has 2 aromatic rings. The Kier molecular flexibility index (Phi) is 6.39. The molecular formula is C21H24N2O2S2. The van der Waals surface area contributed by atoms with E-state index in [1.807, 2.05) is 53.9 Å². The summed E-state index contributed by atoms with van der Waals surface area (Å²) in [6.45, 7) is 4.32. The van der Waals surface area contributed by atoms with Crippen LogP contribution in [0.3, 0.4) is 0 Å². The lowest BCUT2D eigenvalue weighted by Gasteiger charge is -2.26. The van der Waals surface area contributed by atoms with Crippen LogP contribution in [0.15, 0.2) is 48.5 Å². The zero-order valence-corrected chi connectivity index (χ0v) is 16.9. The number of thioether (sulfide) groups is 2. The molecule has 0 atom stereocenters. The van der Waals surface area contributed by atoms with E-state index in [0.717, 1.165) is 44.1 Å². The summed E-state index contributed by atoms with van der Waals surface area (Å²) in [5.41, 5.74) is 4.01. The van der Waals surface area contributed by atoms with Crippen LogP contribution in [0.2, 0.25) is 0 Å². The molecule has 0 spiro atoms. The van der Waals surface area contributed by atoms with Gasteiger partial charge in [-0.15, -0.1) is 23.5 Å². The third-order valence-corrected chi connectivity index (χ3v) is 7.84. The molecule has 2 fully saturated rings. The van der Waals surface area contributed by atoms with Gasteiger partial charge in [0.1, 0.15) is 0 Å². The average Bonchev–Trinajstić information content (AvgIpc) is 3.24. The van der Waals surface area contributed by atoms with Crippen LogP contribution in [-0.2, 0) is 11.3 Å². The Morgan fingerprint density at radius 2 is 1.85 bits per heavy atom.